The number of nitrogens with two attached hydrogens (primary N) is 1. The van der Waals surface area contributed by atoms with E-state index in [0.717, 1.165) is 15.5 Å². The number of anilines is 1. The van der Waals surface area contributed by atoms with Crippen molar-refractivity contribution in [2.75, 3.05) is 36.1 Å². The van der Waals surface area contributed by atoms with Gasteiger partial charge in [-0.05, 0) is 41.5 Å². The molecule has 0 bridgehead atoms. The number of ether oxygens (including phenoxy) is 2. The number of rotatable bonds is 20. The van der Waals surface area contributed by atoms with Crippen LogP contribution in [0.3, 0.4) is 0 Å². The zero-order chi connectivity index (χ0) is 52.5. The Morgan fingerprint density at radius 3 is 1.89 bits per heavy atom. The zero-order valence-corrected chi connectivity index (χ0v) is 46.1. The van der Waals surface area contributed by atoms with Gasteiger partial charge in [0.15, 0.2) is 15.2 Å². The molecule has 1 saturated heterocycles. The van der Waals surface area contributed by atoms with Crippen LogP contribution in [-0.2, 0) is 40.0 Å². The van der Waals surface area contributed by atoms with Crippen LogP contribution >= 0.6 is 81.3 Å². The molecule has 5 aromatic rings. The number of carbonyl (C=O) groups excluding carboxylic acids is 4. The number of benzene rings is 3. The number of aromatic nitrogens is 2. The molecule has 2 atom stereocenters. The van der Waals surface area contributed by atoms with Crippen molar-refractivity contribution in [3.05, 3.63) is 134 Å². The SMILES string of the molecule is CC(C)(C)OC(=O)NCCSCc1nc(SCCNC(=O)OC(C)(C)C)sc1SC1=C(C(=O)O)N2C(=O)[C@@H](NC(=O)C(=NOC(c3ccccc3)(c3ccccc3)c3ccccc3)c3nc(N)sc3Cl)[C@@H]2SC1. The number of nitrogen functional groups attached to an aromatic ring is 1. The number of nitrogens with one attached hydrogen (secondary N) is 3. The number of hydrogen-bond acceptors (Lipinski definition) is 18. The van der Waals surface area contributed by atoms with E-state index in [1.54, 1.807) is 41.5 Å². The van der Waals surface area contributed by atoms with Crippen LogP contribution in [0.4, 0.5) is 14.7 Å². The fourth-order valence-electron chi connectivity index (χ4n) is 7.30. The van der Waals surface area contributed by atoms with Crippen LogP contribution in [0.2, 0.25) is 4.34 Å². The Bertz CT molecular complexity index is 2760. The lowest BCUT2D eigenvalue weighted by molar-refractivity contribution is -0.150. The maximum atomic E-state index is 14.6. The van der Waals surface area contributed by atoms with Gasteiger partial charge in [-0.2, -0.15) is 11.8 Å². The number of aliphatic carboxylic acids is 1. The van der Waals surface area contributed by atoms with Gasteiger partial charge in [0, 0.05) is 57.7 Å². The summed E-state index contributed by atoms with van der Waals surface area (Å²) in [6.45, 7) is 11.3. The Balaban J connectivity index is 1.12. The summed E-state index contributed by atoms with van der Waals surface area (Å²) in [6, 6.07) is 27.0. The second-order valence-electron chi connectivity index (χ2n) is 18.0. The summed E-state index contributed by atoms with van der Waals surface area (Å²) in [4.78, 5) is 83.8. The van der Waals surface area contributed by atoms with Crippen LogP contribution in [0, 0.1) is 0 Å². The van der Waals surface area contributed by atoms with E-state index in [2.05, 4.69) is 26.1 Å². The van der Waals surface area contributed by atoms with Crippen molar-refractivity contribution >= 4 is 122 Å². The molecule has 3 aromatic carbocycles. The minimum Gasteiger partial charge on any atom is -0.477 e. The third kappa shape index (κ3) is 14.0. The smallest absolute Gasteiger partial charge is 0.407 e. The number of hydrogen-bond donors (Lipinski definition) is 5. The van der Waals surface area contributed by atoms with Gasteiger partial charge in [0.05, 0.1) is 9.90 Å². The molecular weight excluding hydrogens is 1070 g/mol. The number of β-lactam (4-membered cyclic amide) rings is 1. The van der Waals surface area contributed by atoms with Gasteiger partial charge >= 0.3 is 18.2 Å². The molecule has 73 heavy (non-hydrogen) atoms. The average molecular weight is 1130 g/mol. The molecule has 24 heteroatoms. The number of carbonyl (C=O) groups is 5. The number of carboxylic acids is 1. The highest BCUT2D eigenvalue weighted by molar-refractivity contribution is 8.08. The normalized spacial score (nSPS) is 16.0. The average Bonchev–Trinajstić information content (AvgIpc) is 3.89. The molecule has 0 spiro atoms. The minimum absolute atomic E-state index is 0.0587. The van der Waals surface area contributed by atoms with Crippen molar-refractivity contribution in [3.8, 4) is 0 Å². The fraction of sp³-hybridized carbons (Fsp3) is 0.347. The first-order valence-electron chi connectivity index (χ1n) is 22.6. The minimum atomic E-state index is -1.39. The van der Waals surface area contributed by atoms with Crippen LogP contribution in [0.25, 0.3) is 0 Å². The topological polar surface area (TPSA) is 237 Å². The van der Waals surface area contributed by atoms with E-state index in [9.17, 15) is 29.1 Å². The number of oxime groups is 1. The summed E-state index contributed by atoms with van der Waals surface area (Å²) in [5.41, 5.74) is 5.57. The molecular formula is C49H53ClN8O9S6. The quantitative estimate of drug-likeness (QED) is 0.0122. The van der Waals surface area contributed by atoms with E-state index in [1.807, 2.05) is 91.0 Å². The van der Waals surface area contributed by atoms with Gasteiger partial charge in [0.2, 0.25) is 5.60 Å². The number of nitrogens with zero attached hydrogens (tertiary/aromatic N) is 4. The summed E-state index contributed by atoms with van der Waals surface area (Å²) in [7, 11) is 0. The molecule has 386 valence electrons. The summed E-state index contributed by atoms with van der Waals surface area (Å²) in [5, 5.41) is 22.8. The lowest BCUT2D eigenvalue weighted by Gasteiger charge is -2.49. The van der Waals surface area contributed by atoms with Crippen LogP contribution in [-0.4, -0.2) is 109 Å². The summed E-state index contributed by atoms with van der Waals surface area (Å²) < 4.78 is 12.2. The monoisotopic (exact) mass is 1120 g/mol. The van der Waals surface area contributed by atoms with E-state index in [0.29, 0.717) is 62.0 Å². The molecule has 4 amide bonds. The molecule has 1 fully saturated rings. The maximum absolute atomic E-state index is 14.6. The van der Waals surface area contributed by atoms with Gasteiger partial charge in [0.1, 0.15) is 38.3 Å². The van der Waals surface area contributed by atoms with E-state index >= 15 is 0 Å². The van der Waals surface area contributed by atoms with E-state index in [-0.39, 0.29) is 32.3 Å². The van der Waals surface area contributed by atoms with Gasteiger partial charge in [-0.1, -0.05) is 143 Å². The molecule has 7 rings (SSSR count). The number of halogens is 1. The molecule has 2 aromatic heterocycles. The van der Waals surface area contributed by atoms with Crippen LogP contribution in [0.15, 0.2) is 115 Å². The Kier molecular flexibility index (Phi) is 18.4. The molecule has 0 unspecified atom stereocenters. The number of carboxylic acid groups (broad SMARTS) is 1. The number of alkyl carbamates (subject to hydrolysis) is 2. The second-order valence-corrected chi connectivity index (χ2v) is 25.5. The van der Waals surface area contributed by atoms with Crippen molar-refractivity contribution in [1.29, 1.82) is 0 Å². The maximum Gasteiger partial charge on any atom is 0.407 e. The van der Waals surface area contributed by atoms with Crippen LogP contribution < -0.4 is 21.7 Å². The predicted molar refractivity (Wildman–Crippen MR) is 291 cm³/mol. The van der Waals surface area contributed by atoms with Crippen molar-refractivity contribution in [3.63, 3.8) is 0 Å². The van der Waals surface area contributed by atoms with Crippen LogP contribution in [0.5, 0.6) is 0 Å². The van der Waals surface area contributed by atoms with Gasteiger partial charge in [-0.25, -0.2) is 24.4 Å². The van der Waals surface area contributed by atoms with E-state index in [1.165, 1.54) is 63.3 Å². The number of amides is 4. The Morgan fingerprint density at radius 1 is 0.836 bits per heavy atom. The van der Waals surface area contributed by atoms with Crippen LogP contribution in [0.1, 0.15) is 69.6 Å². The Morgan fingerprint density at radius 2 is 1.38 bits per heavy atom. The second kappa shape index (κ2) is 24.3. The Labute approximate surface area is 452 Å². The molecule has 0 radical (unpaired) electrons. The zero-order valence-electron chi connectivity index (χ0n) is 40.5. The molecule has 2 aliphatic heterocycles. The van der Waals surface area contributed by atoms with Gasteiger partial charge < -0.3 is 41.1 Å². The molecule has 0 saturated carbocycles. The lowest BCUT2D eigenvalue weighted by Crippen LogP contribution is -2.71. The molecule has 6 N–H and O–H groups in total. The van der Waals surface area contributed by atoms with Crippen molar-refractivity contribution in [2.24, 2.45) is 5.16 Å². The first kappa shape index (κ1) is 55.3. The molecule has 0 aliphatic carbocycles. The molecule has 17 nitrogen and oxygen atoms in total. The number of fused-ring (bicyclic) bond motifs is 1. The van der Waals surface area contributed by atoms with E-state index < -0.39 is 58.2 Å². The highest BCUT2D eigenvalue weighted by Crippen LogP contribution is 2.48. The lowest BCUT2D eigenvalue weighted by atomic mass is 9.80. The summed E-state index contributed by atoms with van der Waals surface area (Å²) in [5.74, 6) is -1.19. The summed E-state index contributed by atoms with van der Waals surface area (Å²) >= 11 is 14.4. The van der Waals surface area contributed by atoms with Crippen molar-refractivity contribution in [1.82, 2.24) is 30.8 Å². The highest BCUT2D eigenvalue weighted by atomic mass is 35.5. The first-order valence-corrected chi connectivity index (χ1v) is 28.6. The van der Waals surface area contributed by atoms with Crippen molar-refractivity contribution in [2.45, 2.75) is 84.1 Å². The van der Waals surface area contributed by atoms with Gasteiger partial charge in [-0.15, -0.1) is 23.1 Å². The molecule has 2 aliphatic rings. The third-order valence-electron chi connectivity index (χ3n) is 10.3. The van der Waals surface area contributed by atoms with Crippen molar-refractivity contribution < 1.29 is 43.4 Å². The van der Waals surface area contributed by atoms with Gasteiger partial charge in [-0.3, -0.25) is 14.5 Å². The third-order valence-corrected chi connectivity index (χ3v) is 17.3. The molecule has 4 heterocycles. The van der Waals surface area contributed by atoms with Gasteiger partial charge in [0.25, 0.3) is 11.8 Å². The fourth-order valence-corrected chi connectivity index (χ4v) is 14.3. The predicted octanol–water partition coefficient (Wildman–Crippen LogP) is 9.41. The largest absolute Gasteiger partial charge is 0.477 e. The van der Waals surface area contributed by atoms with E-state index in [4.69, 9.17) is 36.6 Å². The highest BCUT2D eigenvalue weighted by Gasteiger charge is 2.55. The Hall–Kier alpha value is -5.43. The summed E-state index contributed by atoms with van der Waals surface area (Å²) in [6.07, 6.45) is -1.06. The first-order chi connectivity index (χ1) is 34.7. The standard InChI is InChI=1S/C49H53ClN8O9S6/c1-47(2,3)65-44(63)52-22-24-68-26-31-42(73-46(54-31)69-25-23-53-45(64)66-48(4,5)6)71-32-27-70-40-35(39(60)58(40)36(32)41(61)62)55-38(59)34(33-37(50)72-43(51)56-33)57-67-49(28-16-10-7-11-17-28,29-18-12-8-13-19-29)30-20-14-9-15-21-30/h7-21,35,40H,22-27H2,1-6H3,(H2,51,56)(H,52,63)(H,53,64)(H,55,59)(H,61,62)/t35-,40+/m1/s1. The number of thioether (sulfide) groups is 4. The number of thiazole rings is 2.